The molecule has 3 N–H and O–H groups in total. The van der Waals surface area contributed by atoms with Gasteiger partial charge in [0.1, 0.15) is 12.1 Å². The van der Waals surface area contributed by atoms with Crippen LogP contribution in [0.3, 0.4) is 0 Å². The molecule has 1 aliphatic heterocycles. The van der Waals surface area contributed by atoms with Gasteiger partial charge in [0, 0.05) is 6.42 Å². The zero-order valence-electron chi connectivity index (χ0n) is 8.58. The second kappa shape index (κ2) is 2.96. The number of hydrogen-bond acceptors (Lipinski definition) is 2. The first-order valence-electron chi connectivity index (χ1n) is 4.66. The van der Waals surface area contributed by atoms with Gasteiger partial charge in [-0.1, -0.05) is 0 Å². The molecular weight excluding hydrogens is 168 g/mol. The summed E-state index contributed by atoms with van der Waals surface area (Å²) in [4.78, 5) is 11.2. The topological polar surface area (TPSA) is 63.3 Å². The van der Waals surface area contributed by atoms with Crippen LogP contribution >= 0.6 is 0 Å². The molecule has 13 heavy (non-hydrogen) atoms. The summed E-state index contributed by atoms with van der Waals surface area (Å²) in [7, 11) is 0. The summed E-state index contributed by atoms with van der Waals surface area (Å²) in [5, 5.41) is 9.23. The third-order valence-corrected chi connectivity index (χ3v) is 3.08. The summed E-state index contributed by atoms with van der Waals surface area (Å²) < 4.78 is 0.105. The van der Waals surface area contributed by atoms with Gasteiger partial charge in [0.25, 0.3) is 0 Å². The normalized spacial score (nSPS) is 34.9. The summed E-state index contributed by atoms with van der Waals surface area (Å²) in [5.74, 6) is 0. The Morgan fingerprint density at radius 1 is 1.54 bits per heavy atom. The van der Waals surface area contributed by atoms with Crippen molar-refractivity contribution in [2.45, 2.75) is 38.8 Å². The van der Waals surface area contributed by atoms with Crippen LogP contribution in [-0.4, -0.2) is 40.4 Å². The number of nitrogens with two attached hydrogens (primary N) is 1. The van der Waals surface area contributed by atoms with Crippen LogP contribution in [0.4, 0.5) is 4.79 Å². The monoisotopic (exact) mass is 187 g/mol. The molecule has 2 atom stereocenters. The first kappa shape index (κ1) is 10.5. The maximum absolute atomic E-state index is 11.2. The highest BCUT2D eigenvalue weighted by molar-refractivity contribution is 5.57. The van der Waals surface area contributed by atoms with Gasteiger partial charge in [0.05, 0.1) is 12.6 Å². The van der Waals surface area contributed by atoms with Crippen molar-refractivity contribution in [3.8, 4) is 0 Å². The maximum Gasteiger partial charge on any atom is 0.514 e. The van der Waals surface area contributed by atoms with E-state index in [1.165, 1.54) is 0 Å². The molecule has 1 fully saturated rings. The molecule has 0 radical (unpaired) electrons. The van der Waals surface area contributed by atoms with E-state index in [-0.39, 0.29) is 16.1 Å². The van der Waals surface area contributed by atoms with Crippen LogP contribution in [0.25, 0.3) is 0 Å². The summed E-state index contributed by atoms with van der Waals surface area (Å²) in [6, 6.07) is 0.0373. The quantitative estimate of drug-likeness (QED) is 0.556. The molecule has 1 amide bonds. The molecule has 4 heteroatoms. The van der Waals surface area contributed by atoms with E-state index in [9.17, 15) is 9.90 Å². The molecule has 1 heterocycles. The third kappa shape index (κ3) is 1.56. The lowest BCUT2D eigenvalue weighted by Crippen LogP contribution is -2.62. The number of quaternary nitrogens is 1. The number of amides is 1. The highest BCUT2D eigenvalue weighted by Gasteiger charge is 2.52. The maximum atomic E-state index is 11.2. The van der Waals surface area contributed by atoms with E-state index in [0.717, 1.165) is 6.42 Å². The van der Waals surface area contributed by atoms with Gasteiger partial charge in [-0.25, -0.2) is 4.48 Å². The van der Waals surface area contributed by atoms with Crippen LogP contribution < -0.4 is 5.73 Å². The van der Waals surface area contributed by atoms with Gasteiger partial charge >= 0.3 is 6.09 Å². The SMILES string of the molecule is CC(C)(C)[N+]1(C(=O)O)CC[C@@H](N)C1. The Morgan fingerprint density at radius 2 is 2.08 bits per heavy atom. The van der Waals surface area contributed by atoms with E-state index in [2.05, 4.69) is 0 Å². The summed E-state index contributed by atoms with van der Waals surface area (Å²) >= 11 is 0. The highest BCUT2D eigenvalue weighted by atomic mass is 16.4. The summed E-state index contributed by atoms with van der Waals surface area (Å²) in [6.07, 6.45) is 0.0595. The second-order valence-electron chi connectivity index (χ2n) is 4.88. The van der Waals surface area contributed by atoms with Crippen molar-refractivity contribution in [1.82, 2.24) is 0 Å². The van der Waals surface area contributed by atoms with E-state index >= 15 is 0 Å². The fourth-order valence-electron chi connectivity index (χ4n) is 2.04. The number of likely N-dealkylation sites (tertiary alicyclic amines) is 1. The van der Waals surface area contributed by atoms with E-state index in [0.29, 0.717) is 13.1 Å². The molecule has 1 saturated heterocycles. The van der Waals surface area contributed by atoms with Crippen LogP contribution in [0.2, 0.25) is 0 Å². The predicted octanol–water partition coefficient (Wildman–Crippen LogP) is 1.01. The average Bonchev–Trinajstić information content (AvgIpc) is 2.30. The third-order valence-electron chi connectivity index (χ3n) is 3.08. The lowest BCUT2D eigenvalue weighted by molar-refractivity contribution is -0.892. The molecule has 0 aromatic rings. The van der Waals surface area contributed by atoms with Crippen LogP contribution in [0.1, 0.15) is 27.2 Å². The molecule has 4 nitrogen and oxygen atoms in total. The molecule has 0 aromatic heterocycles. The Labute approximate surface area is 78.9 Å². The highest BCUT2D eigenvalue weighted by Crippen LogP contribution is 2.30. The summed E-state index contributed by atoms with van der Waals surface area (Å²) in [5.41, 5.74) is 5.50. The fraction of sp³-hybridized carbons (Fsp3) is 0.889. The Kier molecular flexibility index (Phi) is 2.38. The van der Waals surface area contributed by atoms with E-state index in [4.69, 9.17) is 5.73 Å². The van der Waals surface area contributed by atoms with E-state index in [1.54, 1.807) is 0 Å². The molecule has 76 valence electrons. The Hall–Kier alpha value is -0.610. The fourth-order valence-corrected chi connectivity index (χ4v) is 2.04. The molecule has 0 spiro atoms. The van der Waals surface area contributed by atoms with Crippen molar-refractivity contribution in [3.05, 3.63) is 0 Å². The number of carboxylic acid groups (broad SMARTS) is 1. The van der Waals surface area contributed by atoms with Gasteiger partial charge in [-0.2, -0.15) is 4.79 Å². The lowest BCUT2D eigenvalue weighted by atomic mass is 10.0. The minimum absolute atomic E-state index is 0.0373. The molecule has 1 aliphatic rings. The second-order valence-corrected chi connectivity index (χ2v) is 4.88. The first-order valence-corrected chi connectivity index (χ1v) is 4.66. The van der Waals surface area contributed by atoms with Crippen molar-refractivity contribution in [1.29, 1.82) is 0 Å². The van der Waals surface area contributed by atoms with Gasteiger partial charge in [-0.3, -0.25) is 0 Å². The summed E-state index contributed by atoms with van der Waals surface area (Å²) in [6.45, 7) is 7.08. The number of nitrogens with zero attached hydrogens (tertiary/aromatic N) is 1. The number of carbonyl (C=O) groups is 1. The molecule has 0 bridgehead atoms. The average molecular weight is 187 g/mol. The Morgan fingerprint density at radius 3 is 2.23 bits per heavy atom. The smallest absolute Gasteiger partial charge is 0.435 e. The van der Waals surface area contributed by atoms with Crippen LogP contribution in [-0.2, 0) is 0 Å². The molecule has 0 saturated carbocycles. The van der Waals surface area contributed by atoms with Gasteiger partial charge in [-0.15, -0.1) is 0 Å². The van der Waals surface area contributed by atoms with E-state index in [1.807, 2.05) is 20.8 Å². The zero-order valence-corrected chi connectivity index (χ0v) is 8.58. The van der Waals surface area contributed by atoms with Crippen molar-refractivity contribution < 1.29 is 14.4 Å². The molecule has 0 aromatic carbocycles. The van der Waals surface area contributed by atoms with Crippen molar-refractivity contribution in [3.63, 3.8) is 0 Å². The van der Waals surface area contributed by atoms with Gasteiger partial charge in [-0.05, 0) is 20.8 Å². The minimum atomic E-state index is -0.750. The standard InChI is InChI=1S/C9H18N2O2/c1-9(2,3)11(8(12)13)5-4-7(10)6-11/h7H,4-6,10H2,1-3H3/p+1/t7-,11?/m1/s1. The van der Waals surface area contributed by atoms with Crippen LogP contribution in [0, 0.1) is 0 Å². The van der Waals surface area contributed by atoms with Gasteiger partial charge < -0.3 is 10.8 Å². The largest absolute Gasteiger partial charge is 0.514 e. The zero-order chi connectivity index (χ0) is 10.3. The first-order chi connectivity index (χ1) is 5.79. The Balaban J connectivity index is 2.97. The van der Waals surface area contributed by atoms with Gasteiger partial charge in [0.15, 0.2) is 0 Å². The minimum Gasteiger partial charge on any atom is -0.435 e. The van der Waals surface area contributed by atoms with Crippen molar-refractivity contribution >= 4 is 6.09 Å². The van der Waals surface area contributed by atoms with Gasteiger partial charge in [0.2, 0.25) is 0 Å². The van der Waals surface area contributed by atoms with E-state index < -0.39 is 6.09 Å². The van der Waals surface area contributed by atoms with Crippen LogP contribution in [0.5, 0.6) is 0 Å². The molecule has 1 unspecified atom stereocenters. The molecule has 0 aliphatic carbocycles. The predicted molar refractivity (Wildman–Crippen MR) is 50.4 cm³/mol. The molecule has 1 rings (SSSR count). The van der Waals surface area contributed by atoms with Crippen molar-refractivity contribution in [2.24, 2.45) is 5.73 Å². The Bertz CT molecular complexity index is 222. The molecular formula is C9H19N2O2+. The lowest BCUT2D eigenvalue weighted by Gasteiger charge is -2.40. The number of rotatable bonds is 0. The van der Waals surface area contributed by atoms with Crippen molar-refractivity contribution in [2.75, 3.05) is 13.1 Å². The number of hydrogen-bond donors (Lipinski definition) is 2. The van der Waals surface area contributed by atoms with Crippen LogP contribution in [0.15, 0.2) is 0 Å².